The quantitative estimate of drug-likeness (QED) is 0.859. The van der Waals surface area contributed by atoms with Crippen LogP contribution in [0.1, 0.15) is 24.2 Å². The normalized spacial score (nSPS) is 10.3. The first-order chi connectivity index (χ1) is 9.54. The number of carbonyl (C=O) groups is 1. The fraction of sp³-hybridized carbons (Fsp3) is 0.188. The van der Waals surface area contributed by atoms with Crippen molar-refractivity contribution in [2.24, 2.45) is 0 Å². The summed E-state index contributed by atoms with van der Waals surface area (Å²) in [5, 5.41) is 9.88. The summed E-state index contributed by atoms with van der Waals surface area (Å²) in [6.07, 6.45) is 0. The summed E-state index contributed by atoms with van der Waals surface area (Å²) in [5.74, 6) is -0.628. The van der Waals surface area contributed by atoms with Gasteiger partial charge in [0.15, 0.2) is 5.78 Å². The van der Waals surface area contributed by atoms with Gasteiger partial charge >= 0.3 is 0 Å². The molecule has 1 N–H and O–H groups in total. The first-order valence-corrected chi connectivity index (χ1v) is 6.40. The molecule has 0 bridgehead atoms. The lowest BCUT2D eigenvalue weighted by Crippen LogP contribution is -2.17. The lowest BCUT2D eigenvalue weighted by Gasteiger charge is -2.24. The molecule has 2 aromatic rings. The van der Waals surface area contributed by atoms with Gasteiger partial charge in [-0.25, -0.2) is 4.39 Å². The van der Waals surface area contributed by atoms with Crippen molar-refractivity contribution in [2.75, 3.05) is 11.4 Å². The lowest BCUT2D eigenvalue weighted by molar-refractivity contribution is 0.101. The molecule has 0 heterocycles. The Kier molecular flexibility index (Phi) is 4.03. The molecule has 4 heteroatoms. The molecule has 0 amide bonds. The van der Waals surface area contributed by atoms with E-state index in [0.29, 0.717) is 17.9 Å². The van der Waals surface area contributed by atoms with Crippen LogP contribution in [0.2, 0.25) is 0 Å². The molecule has 20 heavy (non-hydrogen) atoms. The van der Waals surface area contributed by atoms with Crippen LogP contribution in [0.5, 0.6) is 5.75 Å². The van der Waals surface area contributed by atoms with Gasteiger partial charge in [-0.05, 0) is 38.1 Å². The number of hydrogen-bond acceptors (Lipinski definition) is 3. The Morgan fingerprint density at radius 2 is 1.95 bits per heavy atom. The number of benzene rings is 2. The predicted octanol–water partition coefficient (Wildman–Crippen LogP) is 3.89. The molecular formula is C16H16FNO2. The molecule has 0 aliphatic carbocycles. The number of aromatic hydroxyl groups is 1. The topological polar surface area (TPSA) is 40.5 Å². The van der Waals surface area contributed by atoms with Crippen molar-refractivity contribution >= 4 is 17.2 Å². The second-order valence-corrected chi connectivity index (χ2v) is 4.45. The first kappa shape index (κ1) is 14.1. The molecule has 0 radical (unpaired) electrons. The highest BCUT2D eigenvalue weighted by Crippen LogP contribution is 2.31. The summed E-state index contributed by atoms with van der Waals surface area (Å²) in [4.78, 5) is 13.0. The van der Waals surface area contributed by atoms with Gasteiger partial charge in [0.2, 0.25) is 0 Å². The van der Waals surface area contributed by atoms with Gasteiger partial charge in [0.25, 0.3) is 0 Å². The van der Waals surface area contributed by atoms with Crippen LogP contribution >= 0.6 is 0 Å². The molecule has 0 aromatic heterocycles. The van der Waals surface area contributed by atoms with Gasteiger partial charge < -0.3 is 10.0 Å². The van der Waals surface area contributed by atoms with E-state index in [0.717, 1.165) is 0 Å². The zero-order valence-electron chi connectivity index (χ0n) is 11.4. The van der Waals surface area contributed by atoms with Crippen molar-refractivity contribution in [3.8, 4) is 5.75 Å². The molecule has 0 unspecified atom stereocenters. The maximum Gasteiger partial charge on any atom is 0.163 e. The fourth-order valence-corrected chi connectivity index (χ4v) is 2.15. The highest BCUT2D eigenvalue weighted by molar-refractivity contribution is 5.97. The van der Waals surface area contributed by atoms with Gasteiger partial charge in [0.1, 0.15) is 11.6 Å². The van der Waals surface area contributed by atoms with Gasteiger partial charge in [-0.2, -0.15) is 0 Å². The summed E-state index contributed by atoms with van der Waals surface area (Å²) in [7, 11) is 0. The summed E-state index contributed by atoms with van der Waals surface area (Å²) >= 11 is 0. The third-order valence-corrected chi connectivity index (χ3v) is 3.13. The van der Waals surface area contributed by atoms with E-state index in [1.165, 1.54) is 19.1 Å². The molecule has 104 valence electrons. The zero-order chi connectivity index (χ0) is 14.7. The maximum atomic E-state index is 13.9. The number of Topliss-reactive ketones (excluding diaryl/α,β-unsaturated/α-hetero) is 1. The smallest absolute Gasteiger partial charge is 0.163 e. The number of ketones is 1. The van der Waals surface area contributed by atoms with Crippen molar-refractivity contribution < 1.29 is 14.3 Å². The molecule has 2 aromatic carbocycles. The first-order valence-electron chi connectivity index (χ1n) is 6.40. The third kappa shape index (κ3) is 2.64. The SMILES string of the molecule is CCN(c1ccc(C(C)=O)c(O)c1)c1ccccc1F. The summed E-state index contributed by atoms with van der Waals surface area (Å²) in [5.41, 5.74) is 1.34. The number of rotatable bonds is 4. The number of anilines is 2. The van der Waals surface area contributed by atoms with Crippen LogP contribution in [-0.2, 0) is 0 Å². The van der Waals surface area contributed by atoms with Gasteiger partial charge in [-0.3, -0.25) is 4.79 Å². The van der Waals surface area contributed by atoms with E-state index in [-0.39, 0.29) is 22.9 Å². The van der Waals surface area contributed by atoms with E-state index in [4.69, 9.17) is 0 Å². The second kappa shape index (κ2) is 5.74. The highest BCUT2D eigenvalue weighted by atomic mass is 19.1. The minimum atomic E-state index is -0.329. The number of carbonyl (C=O) groups excluding carboxylic acids is 1. The average molecular weight is 273 g/mol. The molecule has 2 rings (SSSR count). The molecule has 0 aliphatic rings. The molecular weight excluding hydrogens is 257 g/mol. The zero-order valence-corrected chi connectivity index (χ0v) is 11.4. The van der Waals surface area contributed by atoms with E-state index in [9.17, 15) is 14.3 Å². The molecule has 0 saturated carbocycles. The highest BCUT2D eigenvalue weighted by Gasteiger charge is 2.14. The Morgan fingerprint density at radius 1 is 1.25 bits per heavy atom. The number of phenolic OH excluding ortho intramolecular Hbond substituents is 1. The van der Waals surface area contributed by atoms with Gasteiger partial charge in [-0.1, -0.05) is 12.1 Å². The van der Waals surface area contributed by atoms with Crippen LogP contribution in [-0.4, -0.2) is 17.4 Å². The predicted molar refractivity (Wildman–Crippen MR) is 77.2 cm³/mol. The lowest BCUT2D eigenvalue weighted by atomic mass is 10.1. The molecule has 0 spiro atoms. The van der Waals surface area contributed by atoms with E-state index in [1.54, 1.807) is 35.2 Å². The van der Waals surface area contributed by atoms with Gasteiger partial charge in [0.05, 0.1) is 11.3 Å². The number of para-hydroxylation sites is 1. The van der Waals surface area contributed by atoms with E-state index >= 15 is 0 Å². The Balaban J connectivity index is 2.46. The molecule has 3 nitrogen and oxygen atoms in total. The molecule has 0 fully saturated rings. The fourth-order valence-electron chi connectivity index (χ4n) is 2.15. The summed E-state index contributed by atoms with van der Waals surface area (Å²) < 4.78 is 13.9. The molecule has 0 atom stereocenters. The van der Waals surface area contributed by atoms with Crippen LogP contribution in [0.3, 0.4) is 0 Å². The van der Waals surface area contributed by atoms with Gasteiger partial charge in [0, 0.05) is 18.3 Å². The van der Waals surface area contributed by atoms with Crippen LogP contribution in [0.15, 0.2) is 42.5 Å². The van der Waals surface area contributed by atoms with Crippen LogP contribution < -0.4 is 4.90 Å². The Labute approximate surface area is 117 Å². The maximum absolute atomic E-state index is 13.9. The van der Waals surface area contributed by atoms with Crippen molar-refractivity contribution in [2.45, 2.75) is 13.8 Å². The van der Waals surface area contributed by atoms with Crippen LogP contribution in [0, 0.1) is 5.82 Å². The third-order valence-electron chi connectivity index (χ3n) is 3.13. The van der Waals surface area contributed by atoms with E-state index < -0.39 is 0 Å². The number of hydrogen-bond donors (Lipinski definition) is 1. The largest absolute Gasteiger partial charge is 0.507 e. The Morgan fingerprint density at radius 3 is 2.50 bits per heavy atom. The van der Waals surface area contributed by atoms with Crippen molar-refractivity contribution in [1.82, 2.24) is 0 Å². The minimum absolute atomic E-state index is 0.0928. The molecule has 0 saturated heterocycles. The Bertz CT molecular complexity index is 640. The van der Waals surface area contributed by atoms with Crippen molar-refractivity contribution in [3.05, 3.63) is 53.8 Å². The summed E-state index contributed by atoms with van der Waals surface area (Å²) in [6, 6.07) is 11.2. The standard InChI is InChI=1S/C16H16FNO2/c1-3-18(15-7-5-4-6-14(15)17)12-8-9-13(11(2)19)16(20)10-12/h4-10,20H,3H2,1-2H3. The summed E-state index contributed by atoms with van der Waals surface area (Å²) in [6.45, 7) is 3.82. The molecule has 0 aliphatic heterocycles. The number of nitrogens with zero attached hydrogens (tertiary/aromatic N) is 1. The number of phenols is 1. The Hall–Kier alpha value is -2.36. The van der Waals surface area contributed by atoms with E-state index in [1.807, 2.05) is 6.92 Å². The minimum Gasteiger partial charge on any atom is -0.507 e. The van der Waals surface area contributed by atoms with E-state index in [2.05, 4.69) is 0 Å². The number of halogens is 1. The van der Waals surface area contributed by atoms with Crippen molar-refractivity contribution in [1.29, 1.82) is 0 Å². The van der Waals surface area contributed by atoms with Crippen LogP contribution in [0.4, 0.5) is 15.8 Å². The average Bonchev–Trinajstić information content (AvgIpc) is 2.41. The second-order valence-electron chi connectivity index (χ2n) is 4.45. The monoisotopic (exact) mass is 273 g/mol. The van der Waals surface area contributed by atoms with Gasteiger partial charge in [-0.15, -0.1) is 0 Å². The van der Waals surface area contributed by atoms with Crippen molar-refractivity contribution in [3.63, 3.8) is 0 Å². The van der Waals surface area contributed by atoms with Crippen LogP contribution in [0.25, 0.3) is 0 Å².